The van der Waals surface area contributed by atoms with E-state index < -0.39 is 6.04 Å². The molecule has 0 saturated carbocycles. The predicted octanol–water partition coefficient (Wildman–Crippen LogP) is 3.59. The van der Waals surface area contributed by atoms with Crippen LogP contribution in [0.25, 0.3) is 0 Å². The number of carbonyl (C=O) groups excluding carboxylic acids is 2. The van der Waals surface area contributed by atoms with E-state index in [9.17, 15) is 14.0 Å². The molecule has 25 heavy (non-hydrogen) atoms. The first-order chi connectivity index (χ1) is 11.7. The largest absolute Gasteiger partial charge is 0.352 e. The van der Waals surface area contributed by atoms with E-state index in [1.807, 2.05) is 34.6 Å². The second kappa shape index (κ2) is 8.21. The highest BCUT2D eigenvalue weighted by molar-refractivity contribution is 7.99. The monoisotopic (exact) mass is 366 g/mol. The third-order valence-electron chi connectivity index (χ3n) is 4.56. The first-order valence-corrected chi connectivity index (χ1v) is 9.76. The van der Waals surface area contributed by atoms with Gasteiger partial charge in [-0.15, -0.1) is 11.8 Å². The van der Waals surface area contributed by atoms with Crippen LogP contribution in [0.15, 0.2) is 24.3 Å². The molecule has 1 N–H and O–H groups in total. The Morgan fingerprint density at radius 2 is 1.92 bits per heavy atom. The Hall–Kier alpha value is -1.56. The number of hydrogen-bond donors (Lipinski definition) is 1. The Balaban J connectivity index is 2.28. The number of amides is 2. The SMILES string of the molecule is CC(C)C(=O)N1C(C(=O)NC(C)C(C)C)CSC1c1cccc(F)c1. The molecular formula is C19H27FN2O2S. The van der Waals surface area contributed by atoms with Crippen LogP contribution in [0.5, 0.6) is 0 Å². The summed E-state index contributed by atoms with van der Waals surface area (Å²) in [7, 11) is 0. The number of carbonyl (C=O) groups is 2. The molecule has 1 saturated heterocycles. The molecule has 4 nitrogen and oxygen atoms in total. The molecule has 1 aromatic carbocycles. The van der Waals surface area contributed by atoms with Crippen molar-refractivity contribution in [2.75, 3.05) is 5.75 Å². The average molecular weight is 367 g/mol. The van der Waals surface area contributed by atoms with Crippen LogP contribution in [0.4, 0.5) is 4.39 Å². The molecule has 0 bridgehead atoms. The maximum atomic E-state index is 13.6. The Bertz CT molecular complexity index is 636. The molecule has 0 aliphatic carbocycles. The molecule has 1 aliphatic rings. The third-order valence-corrected chi connectivity index (χ3v) is 5.88. The number of halogens is 1. The Labute approximate surface area is 153 Å². The Morgan fingerprint density at radius 1 is 1.24 bits per heavy atom. The highest BCUT2D eigenvalue weighted by Crippen LogP contribution is 2.42. The zero-order valence-electron chi connectivity index (χ0n) is 15.5. The minimum absolute atomic E-state index is 0.0294. The lowest BCUT2D eigenvalue weighted by atomic mass is 10.1. The van der Waals surface area contributed by atoms with Gasteiger partial charge < -0.3 is 10.2 Å². The van der Waals surface area contributed by atoms with Crippen molar-refractivity contribution in [3.05, 3.63) is 35.6 Å². The molecule has 1 fully saturated rings. The molecule has 3 atom stereocenters. The summed E-state index contributed by atoms with van der Waals surface area (Å²) in [4.78, 5) is 27.2. The standard InChI is InChI=1S/C19H27FN2O2S/c1-11(2)13(5)21-17(23)16-10-25-19(22(16)18(24)12(3)4)14-7-6-8-15(20)9-14/h6-9,11-13,16,19H,10H2,1-5H3,(H,21,23). The van der Waals surface area contributed by atoms with Gasteiger partial charge in [0.05, 0.1) is 0 Å². The maximum absolute atomic E-state index is 13.6. The van der Waals surface area contributed by atoms with Crippen LogP contribution in [0.1, 0.15) is 45.6 Å². The zero-order chi connectivity index (χ0) is 18.7. The van der Waals surface area contributed by atoms with Gasteiger partial charge in [-0.25, -0.2) is 4.39 Å². The summed E-state index contributed by atoms with van der Waals surface area (Å²) in [5.41, 5.74) is 0.714. The molecule has 6 heteroatoms. The van der Waals surface area contributed by atoms with Crippen molar-refractivity contribution in [1.29, 1.82) is 0 Å². The van der Waals surface area contributed by atoms with Crippen molar-refractivity contribution < 1.29 is 14.0 Å². The highest BCUT2D eigenvalue weighted by Gasteiger charge is 2.43. The van der Waals surface area contributed by atoms with Gasteiger partial charge in [-0.05, 0) is 30.5 Å². The third kappa shape index (κ3) is 4.54. The maximum Gasteiger partial charge on any atom is 0.243 e. The number of hydrogen-bond acceptors (Lipinski definition) is 3. The van der Waals surface area contributed by atoms with Crippen molar-refractivity contribution in [2.45, 2.75) is 52.1 Å². The minimum atomic E-state index is -0.533. The smallest absolute Gasteiger partial charge is 0.243 e. The van der Waals surface area contributed by atoms with Crippen molar-refractivity contribution >= 4 is 23.6 Å². The van der Waals surface area contributed by atoms with E-state index in [4.69, 9.17) is 0 Å². The minimum Gasteiger partial charge on any atom is -0.352 e. The normalized spacial score (nSPS) is 21.7. The lowest BCUT2D eigenvalue weighted by Crippen LogP contribution is -2.51. The van der Waals surface area contributed by atoms with Crippen molar-refractivity contribution in [2.24, 2.45) is 11.8 Å². The fourth-order valence-electron chi connectivity index (χ4n) is 2.68. The topological polar surface area (TPSA) is 49.4 Å². The van der Waals surface area contributed by atoms with Crippen molar-refractivity contribution in [1.82, 2.24) is 10.2 Å². The molecule has 1 heterocycles. The average Bonchev–Trinajstić information content (AvgIpc) is 2.98. The van der Waals surface area contributed by atoms with E-state index in [0.717, 1.165) is 0 Å². The van der Waals surface area contributed by atoms with Gasteiger partial charge in [0.2, 0.25) is 11.8 Å². The molecule has 0 spiro atoms. The summed E-state index contributed by atoms with van der Waals surface area (Å²) in [6.45, 7) is 9.69. The van der Waals surface area contributed by atoms with E-state index in [0.29, 0.717) is 17.2 Å². The molecule has 0 aromatic heterocycles. The summed E-state index contributed by atoms with van der Waals surface area (Å²) in [5, 5.41) is 2.67. The first kappa shape index (κ1) is 19.8. The van der Waals surface area contributed by atoms with E-state index in [1.54, 1.807) is 17.0 Å². The van der Waals surface area contributed by atoms with Crippen LogP contribution in [0, 0.1) is 17.7 Å². The molecule has 1 aliphatic heterocycles. The van der Waals surface area contributed by atoms with Gasteiger partial charge >= 0.3 is 0 Å². The summed E-state index contributed by atoms with van der Waals surface area (Å²) >= 11 is 1.51. The van der Waals surface area contributed by atoms with Crippen LogP contribution in [-0.2, 0) is 9.59 Å². The molecule has 3 unspecified atom stereocenters. The number of benzene rings is 1. The molecule has 2 rings (SSSR count). The zero-order valence-corrected chi connectivity index (χ0v) is 16.3. The number of thioether (sulfide) groups is 1. The highest BCUT2D eigenvalue weighted by atomic mass is 32.2. The van der Waals surface area contributed by atoms with Gasteiger partial charge in [0.15, 0.2) is 0 Å². The van der Waals surface area contributed by atoms with Gasteiger partial charge in [-0.3, -0.25) is 9.59 Å². The predicted molar refractivity (Wildman–Crippen MR) is 99.5 cm³/mol. The van der Waals surface area contributed by atoms with E-state index >= 15 is 0 Å². The van der Waals surface area contributed by atoms with Gasteiger partial charge in [0, 0.05) is 17.7 Å². The molecule has 138 valence electrons. The Morgan fingerprint density at radius 3 is 2.48 bits per heavy atom. The fourth-order valence-corrected chi connectivity index (χ4v) is 4.11. The van der Waals surface area contributed by atoms with Gasteiger partial charge in [-0.1, -0.05) is 39.8 Å². The quantitative estimate of drug-likeness (QED) is 0.866. The van der Waals surface area contributed by atoms with Crippen LogP contribution >= 0.6 is 11.8 Å². The van der Waals surface area contributed by atoms with Crippen molar-refractivity contribution in [3.8, 4) is 0 Å². The number of nitrogens with zero attached hydrogens (tertiary/aromatic N) is 1. The number of rotatable bonds is 5. The van der Waals surface area contributed by atoms with Crippen LogP contribution in [0.2, 0.25) is 0 Å². The van der Waals surface area contributed by atoms with Crippen LogP contribution in [-0.4, -0.2) is 34.6 Å². The van der Waals surface area contributed by atoms with Gasteiger partial charge in [0.1, 0.15) is 17.2 Å². The molecule has 0 radical (unpaired) electrons. The second-order valence-corrected chi connectivity index (χ2v) is 8.31. The van der Waals surface area contributed by atoms with E-state index in [1.165, 1.54) is 23.9 Å². The van der Waals surface area contributed by atoms with E-state index in [-0.39, 0.29) is 35.0 Å². The fraction of sp³-hybridized carbons (Fsp3) is 0.579. The summed E-state index contributed by atoms with van der Waals surface area (Å²) in [6.07, 6.45) is 0. The summed E-state index contributed by atoms with van der Waals surface area (Å²) < 4.78 is 13.6. The molecule has 1 aromatic rings. The summed E-state index contributed by atoms with van der Waals surface area (Å²) in [6, 6.07) is 5.76. The summed E-state index contributed by atoms with van der Waals surface area (Å²) in [5.74, 6) is 0.0319. The van der Waals surface area contributed by atoms with Gasteiger partial charge in [-0.2, -0.15) is 0 Å². The van der Waals surface area contributed by atoms with Crippen molar-refractivity contribution in [3.63, 3.8) is 0 Å². The van der Waals surface area contributed by atoms with Crippen LogP contribution < -0.4 is 5.32 Å². The lowest BCUT2D eigenvalue weighted by Gasteiger charge is -2.31. The van der Waals surface area contributed by atoms with Gasteiger partial charge in [0.25, 0.3) is 0 Å². The van der Waals surface area contributed by atoms with E-state index in [2.05, 4.69) is 5.32 Å². The first-order valence-electron chi connectivity index (χ1n) is 8.72. The van der Waals surface area contributed by atoms with Crippen LogP contribution in [0.3, 0.4) is 0 Å². The molecule has 2 amide bonds. The second-order valence-electron chi connectivity index (χ2n) is 7.20. The lowest BCUT2D eigenvalue weighted by molar-refractivity contribution is -0.142. The Kier molecular flexibility index (Phi) is 6.49. The molecular weight excluding hydrogens is 339 g/mol. The number of nitrogens with one attached hydrogen (secondary N) is 1.